The van der Waals surface area contributed by atoms with E-state index in [1.807, 2.05) is 32.9 Å². The third-order valence-corrected chi connectivity index (χ3v) is 5.33. The number of aryl methyl sites for hydroxylation is 3. The summed E-state index contributed by atoms with van der Waals surface area (Å²) in [4.78, 5) is 14.3. The first kappa shape index (κ1) is 13.5. The van der Waals surface area contributed by atoms with Gasteiger partial charge in [-0.05, 0) is 32.4 Å². The lowest BCUT2D eigenvalue weighted by molar-refractivity contribution is 0.677. The summed E-state index contributed by atoms with van der Waals surface area (Å²) in [5, 5.41) is 0.538. The normalized spacial score (nSPS) is 12.9. The first-order valence-electron chi connectivity index (χ1n) is 6.30. The van der Waals surface area contributed by atoms with Gasteiger partial charge in [0.1, 0.15) is 5.52 Å². The zero-order valence-corrected chi connectivity index (χ0v) is 13.2. The van der Waals surface area contributed by atoms with Crippen LogP contribution in [0.25, 0.3) is 11.0 Å². The third-order valence-electron chi connectivity index (χ3n) is 3.14. The highest BCUT2D eigenvalue weighted by molar-refractivity contribution is 7.84. The second-order valence-electron chi connectivity index (χ2n) is 4.80. The third kappa shape index (κ3) is 2.41. The van der Waals surface area contributed by atoms with Crippen molar-refractivity contribution in [3.63, 3.8) is 0 Å². The summed E-state index contributed by atoms with van der Waals surface area (Å²) in [7, 11) is -1.19. The maximum Gasteiger partial charge on any atom is 0.197 e. The van der Waals surface area contributed by atoms with Crippen molar-refractivity contribution in [2.24, 2.45) is 0 Å². The molecule has 3 heterocycles. The van der Waals surface area contributed by atoms with Gasteiger partial charge in [-0.2, -0.15) is 0 Å². The van der Waals surface area contributed by atoms with Crippen molar-refractivity contribution in [1.82, 2.24) is 15.0 Å². The number of nitrogens with one attached hydrogen (secondary N) is 1. The second-order valence-corrected chi connectivity index (χ2v) is 7.59. The molecule has 6 heteroatoms. The predicted octanol–water partition coefficient (Wildman–Crippen LogP) is 3.25. The van der Waals surface area contributed by atoms with Crippen molar-refractivity contribution in [3.8, 4) is 0 Å². The van der Waals surface area contributed by atoms with Gasteiger partial charge < -0.3 is 4.98 Å². The van der Waals surface area contributed by atoms with E-state index in [0.29, 0.717) is 10.9 Å². The van der Waals surface area contributed by atoms with Gasteiger partial charge in [0.2, 0.25) is 0 Å². The fraction of sp³-hybridized carbons (Fsp3) is 0.286. The first-order chi connectivity index (χ1) is 9.54. The van der Waals surface area contributed by atoms with E-state index >= 15 is 0 Å². The van der Waals surface area contributed by atoms with E-state index in [4.69, 9.17) is 0 Å². The minimum atomic E-state index is -1.19. The van der Waals surface area contributed by atoms with Gasteiger partial charge in [0, 0.05) is 16.0 Å². The van der Waals surface area contributed by atoms with Gasteiger partial charge in [-0.3, -0.25) is 9.19 Å². The number of nitrogens with zero attached hydrogens (tertiary/aromatic N) is 2. The molecule has 0 bridgehead atoms. The smallest absolute Gasteiger partial charge is 0.197 e. The highest BCUT2D eigenvalue weighted by Gasteiger charge is 2.15. The fourth-order valence-electron chi connectivity index (χ4n) is 2.08. The van der Waals surface area contributed by atoms with Crippen LogP contribution < -0.4 is 0 Å². The summed E-state index contributed by atoms with van der Waals surface area (Å²) in [6.07, 6.45) is 1.79. The van der Waals surface area contributed by atoms with Crippen molar-refractivity contribution in [1.29, 1.82) is 0 Å². The van der Waals surface area contributed by atoms with Gasteiger partial charge in [-0.1, -0.05) is 6.07 Å². The number of hydrogen-bond donors (Lipinski definition) is 1. The molecule has 0 aliphatic carbocycles. The minimum absolute atomic E-state index is 0.387. The number of aromatic amines is 1. The van der Waals surface area contributed by atoms with Crippen LogP contribution in [0.3, 0.4) is 0 Å². The summed E-state index contributed by atoms with van der Waals surface area (Å²) in [6.45, 7) is 6.07. The van der Waals surface area contributed by atoms with E-state index < -0.39 is 10.8 Å². The van der Waals surface area contributed by atoms with Crippen LogP contribution in [0.1, 0.15) is 21.0 Å². The zero-order valence-electron chi connectivity index (χ0n) is 11.6. The fourth-order valence-corrected chi connectivity index (χ4v) is 4.02. The van der Waals surface area contributed by atoms with Crippen molar-refractivity contribution in [2.75, 3.05) is 0 Å². The van der Waals surface area contributed by atoms with Gasteiger partial charge in [-0.15, -0.1) is 11.3 Å². The van der Waals surface area contributed by atoms with Gasteiger partial charge in [0.05, 0.1) is 27.8 Å². The van der Waals surface area contributed by atoms with Crippen molar-refractivity contribution in [3.05, 3.63) is 39.3 Å². The number of fused-ring (bicyclic) bond motifs is 1. The number of aromatic nitrogens is 3. The van der Waals surface area contributed by atoms with Crippen molar-refractivity contribution >= 4 is 33.2 Å². The molecule has 20 heavy (non-hydrogen) atoms. The summed E-state index contributed by atoms with van der Waals surface area (Å²) < 4.78 is 12.4. The number of thiophene rings is 1. The Bertz CT molecular complexity index is 752. The molecule has 0 saturated carbocycles. The van der Waals surface area contributed by atoms with E-state index in [0.717, 1.165) is 27.2 Å². The molecule has 0 radical (unpaired) electrons. The molecule has 0 saturated heterocycles. The number of imidazole rings is 1. The number of H-pyrrole nitrogens is 1. The quantitative estimate of drug-likeness (QED) is 0.808. The Kier molecular flexibility index (Phi) is 3.43. The lowest BCUT2D eigenvalue weighted by atomic mass is 10.3. The molecule has 0 aromatic carbocycles. The monoisotopic (exact) mass is 305 g/mol. The summed E-state index contributed by atoms with van der Waals surface area (Å²) in [5.41, 5.74) is 3.87. The molecular formula is C14H15N3OS2. The number of rotatable bonds is 3. The minimum Gasteiger partial charge on any atom is -0.330 e. The molecule has 0 amide bonds. The van der Waals surface area contributed by atoms with Gasteiger partial charge >= 0.3 is 0 Å². The Morgan fingerprint density at radius 3 is 2.70 bits per heavy atom. The largest absolute Gasteiger partial charge is 0.330 e. The average molecular weight is 305 g/mol. The Morgan fingerprint density at radius 1 is 1.25 bits per heavy atom. The van der Waals surface area contributed by atoms with E-state index in [2.05, 4.69) is 15.0 Å². The predicted molar refractivity (Wildman–Crippen MR) is 82.5 cm³/mol. The van der Waals surface area contributed by atoms with Crippen LogP contribution in [0, 0.1) is 20.8 Å². The molecule has 0 aliphatic heterocycles. The highest BCUT2D eigenvalue weighted by atomic mass is 32.2. The van der Waals surface area contributed by atoms with Crippen LogP contribution >= 0.6 is 11.3 Å². The van der Waals surface area contributed by atoms with E-state index in [1.54, 1.807) is 17.5 Å². The Hall–Kier alpha value is -1.53. The van der Waals surface area contributed by atoms with Crippen molar-refractivity contribution in [2.45, 2.75) is 31.7 Å². The highest BCUT2D eigenvalue weighted by Crippen LogP contribution is 2.28. The van der Waals surface area contributed by atoms with Crippen LogP contribution in [-0.4, -0.2) is 19.2 Å². The van der Waals surface area contributed by atoms with Gasteiger partial charge in [-0.25, -0.2) is 4.98 Å². The molecule has 0 spiro atoms. The molecule has 0 fully saturated rings. The van der Waals surface area contributed by atoms with Crippen LogP contribution in [0.5, 0.6) is 0 Å². The SMILES string of the molecule is Cc1ccc(CS(=O)c2nc3c(C)sc(C)c3[nH]2)nc1. The van der Waals surface area contributed by atoms with Crippen LogP contribution in [-0.2, 0) is 16.6 Å². The summed E-state index contributed by atoms with van der Waals surface area (Å²) in [6, 6.07) is 3.89. The topological polar surface area (TPSA) is 58.6 Å². The lowest BCUT2D eigenvalue weighted by Gasteiger charge is -1.99. The van der Waals surface area contributed by atoms with Gasteiger partial charge in [0.25, 0.3) is 0 Å². The van der Waals surface area contributed by atoms with Crippen LogP contribution in [0.2, 0.25) is 0 Å². The molecule has 1 N–H and O–H groups in total. The van der Waals surface area contributed by atoms with Crippen molar-refractivity contribution < 1.29 is 4.21 Å². The molecule has 4 nitrogen and oxygen atoms in total. The molecular weight excluding hydrogens is 290 g/mol. The Labute approximate surface area is 123 Å². The van der Waals surface area contributed by atoms with Crippen LogP contribution in [0.4, 0.5) is 0 Å². The second kappa shape index (κ2) is 5.10. The molecule has 104 valence electrons. The van der Waals surface area contributed by atoms with Crippen LogP contribution in [0.15, 0.2) is 23.5 Å². The number of pyridine rings is 1. The Morgan fingerprint density at radius 2 is 2.05 bits per heavy atom. The molecule has 3 aromatic rings. The van der Waals surface area contributed by atoms with E-state index in [-0.39, 0.29) is 0 Å². The van der Waals surface area contributed by atoms with Gasteiger partial charge in [0.15, 0.2) is 5.16 Å². The molecule has 0 aliphatic rings. The first-order valence-corrected chi connectivity index (χ1v) is 8.44. The molecule has 3 rings (SSSR count). The molecule has 1 unspecified atom stereocenters. The standard InChI is InChI=1S/C14H15N3OS2/c1-8-4-5-11(15-6-8)7-20(18)14-16-12-9(2)19-10(3)13(12)17-14/h4-6H,7H2,1-3H3,(H,16,17). The lowest BCUT2D eigenvalue weighted by Crippen LogP contribution is -2.00. The molecule has 1 atom stereocenters. The maximum absolute atomic E-state index is 12.4. The number of hydrogen-bond acceptors (Lipinski definition) is 4. The summed E-state index contributed by atoms with van der Waals surface area (Å²) in [5.74, 6) is 0.387. The maximum atomic E-state index is 12.4. The van der Waals surface area contributed by atoms with E-state index in [1.165, 1.54) is 4.88 Å². The average Bonchev–Trinajstić information content (AvgIpc) is 2.95. The van der Waals surface area contributed by atoms with E-state index in [9.17, 15) is 4.21 Å². The summed E-state index contributed by atoms with van der Waals surface area (Å²) >= 11 is 1.71. The zero-order chi connectivity index (χ0) is 14.3. The Balaban J connectivity index is 1.88. The molecule has 3 aromatic heterocycles.